The summed E-state index contributed by atoms with van der Waals surface area (Å²) in [4.78, 5) is 24.0. The van der Waals surface area contributed by atoms with Gasteiger partial charge in [-0.3, -0.25) is 9.78 Å². The van der Waals surface area contributed by atoms with Crippen LogP contribution in [0, 0.1) is 0 Å². The van der Waals surface area contributed by atoms with Gasteiger partial charge in [-0.05, 0) is 36.8 Å². The number of nitrogens with zero attached hydrogens (tertiary/aromatic N) is 3. The number of hydrogen-bond acceptors (Lipinski definition) is 5. The summed E-state index contributed by atoms with van der Waals surface area (Å²) in [7, 11) is 0. The van der Waals surface area contributed by atoms with Crippen molar-refractivity contribution >= 4 is 23.5 Å². The van der Waals surface area contributed by atoms with Gasteiger partial charge in [-0.1, -0.05) is 12.1 Å². The molecule has 0 unspecified atom stereocenters. The van der Waals surface area contributed by atoms with Crippen molar-refractivity contribution in [2.45, 2.75) is 24.3 Å². The lowest BCUT2D eigenvalue weighted by Crippen LogP contribution is -2.28. The molecule has 6 heteroatoms. The summed E-state index contributed by atoms with van der Waals surface area (Å²) in [6, 6.07) is 8.34. The summed E-state index contributed by atoms with van der Waals surface area (Å²) in [5, 5.41) is 3.24. The van der Waals surface area contributed by atoms with Crippen LogP contribution in [0.15, 0.2) is 41.6 Å². The molecule has 1 fully saturated rings. The van der Waals surface area contributed by atoms with E-state index in [9.17, 15) is 4.79 Å². The van der Waals surface area contributed by atoms with Crippen LogP contribution in [0.3, 0.4) is 0 Å². The highest BCUT2D eigenvalue weighted by atomic mass is 32.2. The minimum atomic E-state index is -0.0250. The first kappa shape index (κ1) is 15.8. The van der Waals surface area contributed by atoms with E-state index in [1.165, 1.54) is 10.5 Å². The van der Waals surface area contributed by atoms with Gasteiger partial charge in [0.1, 0.15) is 11.5 Å². The van der Waals surface area contributed by atoms with E-state index in [0.717, 1.165) is 25.9 Å². The van der Waals surface area contributed by atoms with E-state index in [-0.39, 0.29) is 5.91 Å². The van der Waals surface area contributed by atoms with E-state index < -0.39 is 0 Å². The molecule has 0 spiro atoms. The third kappa shape index (κ3) is 4.01. The van der Waals surface area contributed by atoms with Crippen LogP contribution in [0.1, 0.15) is 28.9 Å². The largest absolute Gasteiger partial charge is 0.365 e. The maximum absolute atomic E-state index is 12.3. The summed E-state index contributed by atoms with van der Waals surface area (Å²) in [5.41, 5.74) is 1.59. The zero-order valence-electron chi connectivity index (χ0n) is 13.2. The molecule has 0 bridgehead atoms. The van der Waals surface area contributed by atoms with E-state index >= 15 is 0 Å². The molecule has 1 aliphatic heterocycles. The predicted octanol–water partition coefficient (Wildman–Crippen LogP) is 3.05. The molecular weight excluding hydrogens is 308 g/mol. The van der Waals surface area contributed by atoms with E-state index in [2.05, 4.69) is 39.7 Å². The molecule has 1 saturated heterocycles. The Morgan fingerprint density at radius 2 is 2.13 bits per heavy atom. The van der Waals surface area contributed by atoms with Gasteiger partial charge in [0, 0.05) is 24.5 Å². The van der Waals surface area contributed by atoms with Crippen molar-refractivity contribution in [2.75, 3.05) is 24.7 Å². The SMILES string of the molecule is CSc1cccc(CNc2cncc(C(=O)N3CCCC3)n2)c1. The maximum atomic E-state index is 12.3. The zero-order valence-corrected chi connectivity index (χ0v) is 14.0. The molecule has 2 aromatic rings. The summed E-state index contributed by atoms with van der Waals surface area (Å²) in [6.45, 7) is 2.30. The van der Waals surface area contributed by atoms with Crippen LogP contribution >= 0.6 is 11.8 Å². The number of rotatable bonds is 5. The molecule has 1 aromatic heterocycles. The number of nitrogens with one attached hydrogen (secondary N) is 1. The molecular formula is C17H20N4OS. The topological polar surface area (TPSA) is 58.1 Å². The summed E-state index contributed by atoms with van der Waals surface area (Å²) >= 11 is 1.72. The van der Waals surface area contributed by atoms with Gasteiger partial charge in [-0.25, -0.2) is 4.98 Å². The normalized spacial score (nSPS) is 14.0. The number of aromatic nitrogens is 2. The first-order valence-electron chi connectivity index (χ1n) is 7.74. The van der Waals surface area contributed by atoms with Crippen LogP contribution in [0.4, 0.5) is 5.82 Å². The van der Waals surface area contributed by atoms with Gasteiger partial charge in [0.2, 0.25) is 0 Å². The molecule has 0 saturated carbocycles. The van der Waals surface area contributed by atoms with E-state index in [1.807, 2.05) is 11.0 Å². The van der Waals surface area contributed by atoms with E-state index in [0.29, 0.717) is 18.1 Å². The fourth-order valence-electron chi connectivity index (χ4n) is 2.61. The Morgan fingerprint density at radius 1 is 1.30 bits per heavy atom. The molecule has 23 heavy (non-hydrogen) atoms. The quantitative estimate of drug-likeness (QED) is 0.855. The molecule has 3 rings (SSSR count). The summed E-state index contributed by atoms with van der Waals surface area (Å²) in [6.07, 6.45) is 7.40. The standard InChI is InChI=1S/C17H20N4OS/c1-23-14-6-4-5-13(9-14)10-19-16-12-18-11-15(20-16)17(22)21-7-2-3-8-21/h4-6,9,11-12H,2-3,7-8,10H2,1H3,(H,19,20). The minimum Gasteiger partial charge on any atom is -0.365 e. The number of amides is 1. The van der Waals surface area contributed by atoms with Gasteiger partial charge in [-0.2, -0.15) is 0 Å². The highest BCUT2D eigenvalue weighted by molar-refractivity contribution is 7.98. The lowest BCUT2D eigenvalue weighted by atomic mass is 10.2. The highest BCUT2D eigenvalue weighted by Crippen LogP contribution is 2.17. The predicted molar refractivity (Wildman–Crippen MR) is 92.7 cm³/mol. The summed E-state index contributed by atoms with van der Waals surface area (Å²) in [5.74, 6) is 0.604. The van der Waals surface area contributed by atoms with Crippen molar-refractivity contribution in [1.29, 1.82) is 0 Å². The second-order valence-corrected chi connectivity index (χ2v) is 6.37. The van der Waals surface area contributed by atoms with Crippen molar-refractivity contribution in [1.82, 2.24) is 14.9 Å². The molecule has 1 aromatic carbocycles. The van der Waals surface area contributed by atoms with Crippen LogP contribution < -0.4 is 5.32 Å². The monoisotopic (exact) mass is 328 g/mol. The summed E-state index contributed by atoms with van der Waals surface area (Å²) < 4.78 is 0. The van der Waals surface area contributed by atoms with Crippen molar-refractivity contribution in [3.63, 3.8) is 0 Å². The van der Waals surface area contributed by atoms with Crippen molar-refractivity contribution in [3.8, 4) is 0 Å². The van der Waals surface area contributed by atoms with Crippen molar-refractivity contribution in [3.05, 3.63) is 47.9 Å². The average Bonchev–Trinajstić information content (AvgIpc) is 3.14. The number of benzene rings is 1. The number of thioether (sulfide) groups is 1. The highest BCUT2D eigenvalue weighted by Gasteiger charge is 2.20. The zero-order chi connectivity index (χ0) is 16.1. The molecule has 0 atom stereocenters. The van der Waals surface area contributed by atoms with E-state index in [1.54, 1.807) is 24.2 Å². The third-order valence-corrected chi connectivity index (χ3v) is 4.58. The van der Waals surface area contributed by atoms with Crippen LogP contribution in [0.25, 0.3) is 0 Å². The van der Waals surface area contributed by atoms with Gasteiger partial charge in [-0.15, -0.1) is 11.8 Å². The van der Waals surface area contributed by atoms with Crippen molar-refractivity contribution < 1.29 is 4.79 Å². The molecule has 0 aliphatic carbocycles. The molecule has 0 radical (unpaired) electrons. The Balaban J connectivity index is 1.66. The first-order chi connectivity index (χ1) is 11.3. The second kappa shape index (κ2) is 7.46. The van der Waals surface area contributed by atoms with Crippen molar-refractivity contribution in [2.24, 2.45) is 0 Å². The Morgan fingerprint density at radius 3 is 2.91 bits per heavy atom. The Labute approximate surface area is 140 Å². The Hall–Kier alpha value is -2.08. The number of likely N-dealkylation sites (tertiary alicyclic amines) is 1. The number of carbonyl (C=O) groups is 1. The minimum absolute atomic E-state index is 0.0250. The van der Waals surface area contributed by atoms with Gasteiger partial charge < -0.3 is 10.2 Å². The lowest BCUT2D eigenvalue weighted by molar-refractivity contribution is 0.0786. The van der Waals surface area contributed by atoms with Crippen LogP contribution in [-0.4, -0.2) is 40.1 Å². The number of hydrogen-bond donors (Lipinski definition) is 1. The van der Waals surface area contributed by atoms with Gasteiger partial charge in [0.15, 0.2) is 0 Å². The van der Waals surface area contributed by atoms with E-state index in [4.69, 9.17) is 0 Å². The Bertz CT molecular complexity index is 686. The Kier molecular flexibility index (Phi) is 5.12. The average molecular weight is 328 g/mol. The fraction of sp³-hybridized carbons (Fsp3) is 0.353. The second-order valence-electron chi connectivity index (χ2n) is 5.49. The molecule has 5 nitrogen and oxygen atoms in total. The van der Waals surface area contributed by atoms with Crippen LogP contribution in [0.5, 0.6) is 0 Å². The molecule has 2 heterocycles. The van der Waals surface area contributed by atoms with Gasteiger partial charge in [0.25, 0.3) is 5.91 Å². The lowest BCUT2D eigenvalue weighted by Gasteiger charge is -2.14. The molecule has 120 valence electrons. The van der Waals surface area contributed by atoms with Crippen LogP contribution in [0.2, 0.25) is 0 Å². The number of carbonyl (C=O) groups excluding carboxylic acids is 1. The first-order valence-corrected chi connectivity index (χ1v) is 8.97. The molecule has 1 aliphatic rings. The number of anilines is 1. The third-order valence-electron chi connectivity index (χ3n) is 3.85. The smallest absolute Gasteiger partial charge is 0.274 e. The fourth-order valence-corrected chi connectivity index (χ4v) is 3.10. The van der Waals surface area contributed by atoms with Gasteiger partial charge in [0.05, 0.1) is 12.4 Å². The van der Waals surface area contributed by atoms with Crippen LogP contribution in [-0.2, 0) is 6.54 Å². The van der Waals surface area contributed by atoms with Gasteiger partial charge >= 0.3 is 0 Å². The maximum Gasteiger partial charge on any atom is 0.274 e. The molecule has 1 N–H and O–H groups in total. The molecule has 1 amide bonds.